The van der Waals surface area contributed by atoms with Crippen molar-refractivity contribution in [2.24, 2.45) is 0 Å². The van der Waals surface area contributed by atoms with Crippen molar-refractivity contribution >= 4 is 24.9 Å². The van der Waals surface area contributed by atoms with Gasteiger partial charge in [0.25, 0.3) is 0 Å². The Kier molecular flexibility index (Phi) is 13.1. The van der Waals surface area contributed by atoms with Crippen molar-refractivity contribution in [3.05, 3.63) is 106 Å². The smallest absolute Gasteiger partial charge is 0.385 e. The van der Waals surface area contributed by atoms with Gasteiger partial charge in [0.05, 0.1) is 0 Å². The molecule has 11 heteroatoms. The SMILES string of the molecule is N#[N+]c1ccccc1.N#[N+]c1ccccc1.N#[N+]c1ccccc1.O=P([O-])([O-])[O-]. The number of rotatable bonds is 0. The minimum Gasteiger partial charge on any atom is -0.822 e. The summed E-state index contributed by atoms with van der Waals surface area (Å²) in [6.07, 6.45) is 0. The fourth-order valence-electron chi connectivity index (χ4n) is 1.48. The van der Waals surface area contributed by atoms with E-state index in [2.05, 4.69) is 14.9 Å². The lowest BCUT2D eigenvalue weighted by Gasteiger charge is -2.36. The van der Waals surface area contributed by atoms with Crippen LogP contribution in [0, 0.1) is 16.2 Å². The van der Waals surface area contributed by atoms with E-state index >= 15 is 0 Å². The molecule has 0 radical (unpaired) electrons. The van der Waals surface area contributed by atoms with Gasteiger partial charge < -0.3 is 19.2 Å². The van der Waals surface area contributed by atoms with E-state index in [1.54, 1.807) is 36.4 Å². The maximum Gasteiger partial charge on any atom is 0.385 e. The molecule has 0 aromatic heterocycles. The van der Waals surface area contributed by atoms with Crippen LogP contribution >= 0.6 is 7.82 Å². The molecule has 3 rings (SSSR count). The summed E-state index contributed by atoms with van der Waals surface area (Å²) in [5.41, 5.74) is 1.77. The van der Waals surface area contributed by atoms with Crippen LogP contribution in [0.15, 0.2) is 91.0 Å². The minimum atomic E-state index is -5.39. The lowest BCUT2D eigenvalue weighted by Crippen LogP contribution is -2.24. The third-order valence-electron chi connectivity index (χ3n) is 2.61. The summed E-state index contributed by atoms with van der Waals surface area (Å²) >= 11 is 0. The molecule has 3 aromatic carbocycles. The molecule has 146 valence electrons. The fourth-order valence-corrected chi connectivity index (χ4v) is 1.48. The maximum absolute atomic E-state index is 8.55. The molecule has 0 spiro atoms. The molecule has 0 saturated carbocycles. The highest BCUT2D eigenvalue weighted by Crippen LogP contribution is 2.08. The number of benzene rings is 3. The van der Waals surface area contributed by atoms with Gasteiger partial charge in [0, 0.05) is 36.4 Å². The van der Waals surface area contributed by atoms with Crippen LogP contribution in [0.2, 0.25) is 0 Å². The van der Waals surface area contributed by atoms with E-state index in [4.69, 9.17) is 35.4 Å². The molecule has 0 heterocycles. The van der Waals surface area contributed by atoms with E-state index in [0.29, 0.717) is 17.1 Å². The van der Waals surface area contributed by atoms with Crippen LogP contribution in [-0.4, -0.2) is 0 Å². The van der Waals surface area contributed by atoms with Crippen LogP contribution in [0.5, 0.6) is 0 Å². The fraction of sp³-hybridized carbons (Fsp3) is 0. The highest BCUT2D eigenvalue weighted by molar-refractivity contribution is 7.40. The van der Waals surface area contributed by atoms with Gasteiger partial charge in [0.15, 0.2) is 14.9 Å². The first-order chi connectivity index (χ1) is 13.8. The van der Waals surface area contributed by atoms with E-state index in [9.17, 15) is 0 Å². The van der Waals surface area contributed by atoms with Gasteiger partial charge in [-0.2, -0.15) is 7.82 Å². The van der Waals surface area contributed by atoms with Crippen molar-refractivity contribution in [1.29, 1.82) is 16.2 Å². The molecule has 0 N–H and O–H groups in total. The number of nitrogens with zero attached hydrogens (tertiary/aromatic N) is 6. The van der Waals surface area contributed by atoms with Gasteiger partial charge in [-0.25, -0.2) is 0 Å². The van der Waals surface area contributed by atoms with Gasteiger partial charge in [-0.1, -0.05) is 54.6 Å². The zero-order chi connectivity index (χ0) is 22.0. The van der Waals surface area contributed by atoms with Crippen molar-refractivity contribution in [3.8, 4) is 0 Å². The molecular formula is C18H15N6O4P. The molecule has 10 nitrogen and oxygen atoms in total. The van der Waals surface area contributed by atoms with Crippen LogP contribution in [0.1, 0.15) is 0 Å². The second kappa shape index (κ2) is 15.1. The van der Waals surface area contributed by atoms with Crippen LogP contribution in [0.4, 0.5) is 17.1 Å². The molecule has 0 fully saturated rings. The number of phosphoric acid groups is 1. The Bertz CT molecular complexity index is 868. The van der Waals surface area contributed by atoms with Gasteiger partial charge in [-0.15, -0.1) is 0 Å². The van der Waals surface area contributed by atoms with Crippen molar-refractivity contribution in [1.82, 2.24) is 0 Å². The minimum absolute atomic E-state index is 0.590. The summed E-state index contributed by atoms with van der Waals surface area (Å²) in [5, 5.41) is 24.5. The highest BCUT2D eigenvalue weighted by atomic mass is 31.2. The predicted octanol–water partition coefficient (Wildman–Crippen LogP) is 3.69. The quantitative estimate of drug-likeness (QED) is 0.401. The Labute approximate surface area is 166 Å². The van der Waals surface area contributed by atoms with Crippen molar-refractivity contribution in [3.63, 3.8) is 0 Å². The monoisotopic (exact) mass is 410 g/mol. The molecule has 29 heavy (non-hydrogen) atoms. The molecule has 0 aliphatic rings. The Morgan fingerprint density at radius 1 is 0.517 bits per heavy atom. The molecule has 0 unspecified atom stereocenters. The van der Waals surface area contributed by atoms with E-state index < -0.39 is 7.82 Å². The van der Waals surface area contributed by atoms with E-state index in [1.807, 2.05) is 54.6 Å². The average Bonchev–Trinajstić information content (AvgIpc) is 2.75. The predicted molar refractivity (Wildman–Crippen MR) is 101 cm³/mol. The molecule has 0 atom stereocenters. The zero-order valence-electron chi connectivity index (χ0n) is 14.9. The van der Waals surface area contributed by atoms with Gasteiger partial charge in [-0.3, -0.25) is 0 Å². The summed E-state index contributed by atoms with van der Waals surface area (Å²) in [6.45, 7) is 0. The number of hydrogen-bond acceptors (Lipinski definition) is 7. The lowest BCUT2D eigenvalue weighted by atomic mass is 10.3. The molecule has 0 aliphatic carbocycles. The van der Waals surface area contributed by atoms with Crippen molar-refractivity contribution < 1.29 is 19.2 Å². The van der Waals surface area contributed by atoms with Crippen molar-refractivity contribution in [2.75, 3.05) is 0 Å². The zero-order valence-corrected chi connectivity index (χ0v) is 15.8. The molecule has 0 aliphatic heterocycles. The molecule has 3 aromatic rings. The second-order valence-corrected chi connectivity index (χ2v) is 5.65. The highest BCUT2D eigenvalue weighted by Gasteiger charge is 1.97. The second-order valence-electron chi connectivity index (χ2n) is 4.75. The van der Waals surface area contributed by atoms with Gasteiger partial charge in [0.2, 0.25) is 16.2 Å². The summed E-state index contributed by atoms with van der Waals surface area (Å²) in [7, 11) is -5.39. The largest absolute Gasteiger partial charge is 0.822 e. The third kappa shape index (κ3) is 17.2. The molecule has 0 amide bonds. The van der Waals surface area contributed by atoms with Crippen LogP contribution in [0.25, 0.3) is 14.9 Å². The Balaban J connectivity index is 0.000000367. The lowest BCUT2D eigenvalue weighted by molar-refractivity contribution is -0.432. The van der Waals surface area contributed by atoms with E-state index in [1.165, 1.54) is 0 Å². The molecule has 0 saturated heterocycles. The normalized spacial score (nSPS) is 8.55. The Hall–Kier alpha value is -3.97. The summed E-state index contributed by atoms with van der Waals surface area (Å²) in [6, 6.07) is 26.8. The Morgan fingerprint density at radius 2 is 0.690 bits per heavy atom. The Morgan fingerprint density at radius 3 is 0.793 bits per heavy atom. The van der Waals surface area contributed by atoms with E-state index in [0.717, 1.165) is 0 Å². The first kappa shape index (κ1) is 25.0. The summed E-state index contributed by atoms with van der Waals surface area (Å²) < 4.78 is 8.55. The number of hydrogen-bond donors (Lipinski definition) is 0. The van der Waals surface area contributed by atoms with Gasteiger partial charge in [0.1, 0.15) is 0 Å². The summed E-state index contributed by atoms with van der Waals surface area (Å²) in [4.78, 5) is 34.6. The molecular weight excluding hydrogens is 395 g/mol. The first-order valence-corrected chi connectivity index (χ1v) is 9.19. The number of diazo groups is 3. The average molecular weight is 410 g/mol. The first-order valence-electron chi connectivity index (χ1n) is 7.73. The van der Waals surface area contributed by atoms with Gasteiger partial charge in [-0.05, 0) is 0 Å². The van der Waals surface area contributed by atoms with Crippen LogP contribution < -0.4 is 14.7 Å². The molecule has 0 bridgehead atoms. The summed E-state index contributed by atoms with van der Waals surface area (Å²) in [5.74, 6) is 0. The third-order valence-corrected chi connectivity index (χ3v) is 2.61. The van der Waals surface area contributed by atoms with Crippen molar-refractivity contribution in [2.45, 2.75) is 0 Å². The van der Waals surface area contributed by atoms with Crippen LogP contribution in [-0.2, 0) is 4.57 Å². The maximum atomic E-state index is 8.55. The van der Waals surface area contributed by atoms with Crippen LogP contribution in [0.3, 0.4) is 0 Å². The topological polar surface area (TPSA) is 171 Å². The van der Waals surface area contributed by atoms with E-state index in [-0.39, 0.29) is 0 Å². The van der Waals surface area contributed by atoms with Gasteiger partial charge >= 0.3 is 17.1 Å². The standard InChI is InChI=1S/3C6H5N2.H3O4P/c3*7-8-6-4-2-1-3-5-6;1-5(2,3)4/h3*1-5H;(H3,1,2,3,4)/q3*+1;/p-3.